The number of amides is 1. The Hall–Kier alpha value is -1.57. The predicted octanol–water partition coefficient (Wildman–Crippen LogP) is 7.59. The molecule has 2 rings (SSSR count). The zero-order valence-electron chi connectivity index (χ0n) is 19.5. The minimum absolute atomic E-state index is 0.0623. The highest BCUT2D eigenvalue weighted by Crippen LogP contribution is 2.46. The van der Waals surface area contributed by atoms with Gasteiger partial charge in [0.15, 0.2) is 0 Å². The Balaban J connectivity index is 2.73. The molecule has 1 unspecified atom stereocenters. The molecule has 2 heteroatoms. The lowest BCUT2D eigenvalue weighted by Crippen LogP contribution is -2.48. The number of carbonyl (C=O) groups is 1. The summed E-state index contributed by atoms with van der Waals surface area (Å²) in [6.07, 6.45) is 5.12. The van der Waals surface area contributed by atoms with Gasteiger partial charge in [-0.25, -0.2) is 0 Å². The predicted molar refractivity (Wildman–Crippen MR) is 122 cm³/mol. The fourth-order valence-electron chi connectivity index (χ4n) is 4.71. The maximum atomic E-state index is 13.8. The molecule has 0 fully saturated rings. The molecule has 1 aromatic carbocycles. The Morgan fingerprint density at radius 3 is 1.93 bits per heavy atom. The summed E-state index contributed by atoms with van der Waals surface area (Å²) >= 11 is 0. The van der Waals surface area contributed by atoms with Crippen molar-refractivity contribution in [2.45, 2.75) is 99.3 Å². The van der Waals surface area contributed by atoms with Gasteiger partial charge in [-0.05, 0) is 42.2 Å². The molecule has 0 saturated carbocycles. The molecule has 1 aliphatic heterocycles. The van der Waals surface area contributed by atoms with E-state index in [4.69, 9.17) is 0 Å². The van der Waals surface area contributed by atoms with E-state index < -0.39 is 0 Å². The maximum Gasteiger partial charge on any atom is 0.254 e. The summed E-state index contributed by atoms with van der Waals surface area (Å²) in [7, 11) is 0. The van der Waals surface area contributed by atoms with Gasteiger partial charge in [0.25, 0.3) is 5.91 Å². The van der Waals surface area contributed by atoms with Gasteiger partial charge in [-0.2, -0.15) is 0 Å². The topological polar surface area (TPSA) is 20.3 Å². The average molecular weight is 384 g/mol. The van der Waals surface area contributed by atoms with Gasteiger partial charge in [0, 0.05) is 17.5 Å². The normalized spacial score (nSPS) is 20.6. The van der Waals surface area contributed by atoms with Gasteiger partial charge in [-0.1, -0.05) is 92.0 Å². The van der Waals surface area contributed by atoms with E-state index in [1.807, 2.05) is 0 Å². The Bertz CT molecular complexity index is 702. The third kappa shape index (κ3) is 4.21. The number of benzene rings is 1. The van der Waals surface area contributed by atoms with Gasteiger partial charge in [0.05, 0.1) is 5.69 Å². The standard InChI is InChI=1S/C26H41NO/c1-9-13-22-23(14-10-2)26(8,11-3)17-27(25(22)28)24-20(18(4)5)15-12-16-21(24)19(6)7/h12,15-16,18-19H,9-11,13-14,17H2,1-8H3. The molecule has 0 saturated heterocycles. The number of carbonyl (C=O) groups excluding carboxylic acids is 1. The Labute approximate surface area is 173 Å². The first-order chi connectivity index (χ1) is 13.2. The van der Waals surface area contributed by atoms with Crippen molar-refractivity contribution in [3.05, 3.63) is 40.5 Å². The zero-order valence-corrected chi connectivity index (χ0v) is 19.5. The molecular formula is C26H41NO. The van der Waals surface area contributed by atoms with E-state index in [2.05, 4.69) is 78.5 Å². The van der Waals surface area contributed by atoms with Crippen molar-refractivity contribution in [3.8, 4) is 0 Å². The van der Waals surface area contributed by atoms with Crippen molar-refractivity contribution in [1.82, 2.24) is 0 Å². The van der Waals surface area contributed by atoms with E-state index in [0.717, 1.165) is 44.2 Å². The van der Waals surface area contributed by atoms with E-state index in [1.54, 1.807) is 0 Å². The van der Waals surface area contributed by atoms with Crippen LogP contribution in [-0.4, -0.2) is 12.5 Å². The first-order valence-corrected chi connectivity index (χ1v) is 11.4. The number of anilines is 1. The molecule has 0 bridgehead atoms. The van der Waals surface area contributed by atoms with E-state index in [1.165, 1.54) is 22.4 Å². The van der Waals surface area contributed by atoms with E-state index in [9.17, 15) is 4.79 Å². The van der Waals surface area contributed by atoms with Crippen molar-refractivity contribution >= 4 is 11.6 Å². The number of hydrogen-bond acceptors (Lipinski definition) is 1. The maximum absolute atomic E-state index is 13.8. The first kappa shape index (κ1) is 22.7. The van der Waals surface area contributed by atoms with Crippen LogP contribution in [0.5, 0.6) is 0 Å². The summed E-state index contributed by atoms with van der Waals surface area (Å²) in [5.41, 5.74) is 6.36. The SMILES string of the molecule is CCCC1=C(CCC)C(C)(CC)CN(c2c(C(C)C)cccc2C(C)C)C1=O. The highest BCUT2D eigenvalue weighted by Gasteiger charge is 2.41. The molecule has 0 spiro atoms. The van der Waals surface area contributed by atoms with Gasteiger partial charge < -0.3 is 4.90 Å². The number of hydrogen-bond donors (Lipinski definition) is 0. The van der Waals surface area contributed by atoms with Crippen LogP contribution in [0.15, 0.2) is 29.3 Å². The van der Waals surface area contributed by atoms with Gasteiger partial charge in [0.2, 0.25) is 0 Å². The Morgan fingerprint density at radius 1 is 0.964 bits per heavy atom. The molecule has 1 amide bonds. The molecule has 0 radical (unpaired) electrons. The molecular weight excluding hydrogens is 342 g/mol. The van der Waals surface area contributed by atoms with Gasteiger partial charge in [-0.15, -0.1) is 0 Å². The average Bonchev–Trinajstić information content (AvgIpc) is 2.66. The highest BCUT2D eigenvalue weighted by atomic mass is 16.2. The van der Waals surface area contributed by atoms with Crippen molar-refractivity contribution in [1.29, 1.82) is 0 Å². The Morgan fingerprint density at radius 2 is 1.50 bits per heavy atom. The van der Waals surface area contributed by atoms with Crippen LogP contribution >= 0.6 is 0 Å². The number of para-hydroxylation sites is 1. The van der Waals surface area contributed by atoms with Crippen LogP contribution in [0, 0.1) is 5.41 Å². The largest absolute Gasteiger partial charge is 0.307 e. The third-order valence-electron chi connectivity index (χ3n) is 6.50. The fourth-order valence-corrected chi connectivity index (χ4v) is 4.71. The second-order valence-electron chi connectivity index (χ2n) is 9.36. The lowest BCUT2D eigenvalue weighted by Gasteiger charge is -2.45. The van der Waals surface area contributed by atoms with Crippen LogP contribution in [0.1, 0.15) is 110 Å². The number of rotatable bonds is 8. The summed E-state index contributed by atoms with van der Waals surface area (Å²) in [6, 6.07) is 6.59. The monoisotopic (exact) mass is 383 g/mol. The van der Waals surface area contributed by atoms with Crippen molar-refractivity contribution in [3.63, 3.8) is 0 Å². The van der Waals surface area contributed by atoms with Gasteiger partial charge >= 0.3 is 0 Å². The fraction of sp³-hybridized carbons (Fsp3) is 0.654. The third-order valence-corrected chi connectivity index (χ3v) is 6.50. The second-order valence-corrected chi connectivity index (χ2v) is 9.36. The van der Waals surface area contributed by atoms with E-state index in [-0.39, 0.29) is 11.3 Å². The number of nitrogens with zero attached hydrogens (tertiary/aromatic N) is 1. The van der Waals surface area contributed by atoms with E-state index in [0.29, 0.717) is 11.8 Å². The van der Waals surface area contributed by atoms with Crippen LogP contribution in [0.25, 0.3) is 0 Å². The molecule has 1 aromatic rings. The highest BCUT2D eigenvalue weighted by molar-refractivity contribution is 6.08. The minimum atomic E-state index is 0.0623. The summed E-state index contributed by atoms with van der Waals surface area (Å²) in [4.78, 5) is 16.0. The summed E-state index contributed by atoms with van der Waals surface area (Å²) < 4.78 is 0. The molecule has 1 heterocycles. The first-order valence-electron chi connectivity index (χ1n) is 11.4. The van der Waals surface area contributed by atoms with Crippen LogP contribution in [0.2, 0.25) is 0 Å². The lowest BCUT2D eigenvalue weighted by atomic mass is 9.71. The smallest absolute Gasteiger partial charge is 0.254 e. The quantitative estimate of drug-likeness (QED) is 0.452. The summed E-state index contributed by atoms with van der Waals surface area (Å²) in [5.74, 6) is 1.04. The lowest BCUT2D eigenvalue weighted by molar-refractivity contribution is -0.116. The molecule has 1 atom stereocenters. The van der Waals surface area contributed by atoms with Crippen LogP contribution in [0.3, 0.4) is 0 Å². The van der Waals surface area contributed by atoms with Gasteiger partial charge in [0.1, 0.15) is 0 Å². The molecule has 0 N–H and O–H groups in total. The summed E-state index contributed by atoms with van der Waals surface area (Å²) in [5, 5.41) is 0. The molecule has 2 nitrogen and oxygen atoms in total. The second kappa shape index (κ2) is 9.29. The van der Waals surface area contributed by atoms with Crippen molar-refractivity contribution in [2.24, 2.45) is 5.41 Å². The molecule has 1 aliphatic rings. The van der Waals surface area contributed by atoms with E-state index >= 15 is 0 Å². The van der Waals surface area contributed by atoms with Crippen LogP contribution < -0.4 is 4.90 Å². The summed E-state index contributed by atoms with van der Waals surface area (Å²) in [6.45, 7) is 18.8. The van der Waals surface area contributed by atoms with Crippen molar-refractivity contribution in [2.75, 3.05) is 11.4 Å². The molecule has 0 aliphatic carbocycles. The van der Waals surface area contributed by atoms with Crippen molar-refractivity contribution < 1.29 is 4.79 Å². The Kier molecular flexibility index (Phi) is 7.53. The molecule has 0 aromatic heterocycles. The molecule has 28 heavy (non-hydrogen) atoms. The zero-order chi connectivity index (χ0) is 21.1. The molecule has 156 valence electrons. The van der Waals surface area contributed by atoms with Crippen LogP contribution in [-0.2, 0) is 4.79 Å². The minimum Gasteiger partial charge on any atom is -0.307 e. The van der Waals surface area contributed by atoms with Gasteiger partial charge in [-0.3, -0.25) is 4.79 Å². The van der Waals surface area contributed by atoms with Crippen LogP contribution in [0.4, 0.5) is 5.69 Å².